The lowest BCUT2D eigenvalue weighted by atomic mass is 10.2. The smallest absolute Gasteiger partial charge is 0.212 e. The molecule has 0 spiro atoms. The van der Waals surface area contributed by atoms with E-state index in [1.165, 1.54) is 4.31 Å². The molecule has 0 unspecified atom stereocenters. The van der Waals surface area contributed by atoms with Gasteiger partial charge >= 0.3 is 0 Å². The summed E-state index contributed by atoms with van der Waals surface area (Å²) in [5.74, 6) is 0.00917. The van der Waals surface area contributed by atoms with Gasteiger partial charge in [-0.3, -0.25) is 0 Å². The Labute approximate surface area is 102 Å². The molecule has 0 aliphatic heterocycles. The Bertz CT molecular complexity index is 441. The van der Waals surface area contributed by atoms with Crippen LogP contribution < -0.4 is 0 Å². The van der Waals surface area contributed by atoms with Crippen LogP contribution in [-0.4, -0.2) is 25.8 Å². The van der Waals surface area contributed by atoms with Crippen molar-refractivity contribution in [3.05, 3.63) is 34.9 Å². The van der Waals surface area contributed by atoms with Crippen LogP contribution in [0.1, 0.15) is 19.4 Å². The third-order valence-corrected chi connectivity index (χ3v) is 4.57. The van der Waals surface area contributed by atoms with E-state index in [2.05, 4.69) is 0 Å². The Morgan fingerprint density at radius 3 is 2.38 bits per heavy atom. The second kappa shape index (κ2) is 5.66. The Balaban J connectivity index is 2.88. The zero-order chi connectivity index (χ0) is 12.2. The maximum absolute atomic E-state index is 12.0. The number of benzene rings is 1. The van der Waals surface area contributed by atoms with Crippen LogP contribution in [0, 0.1) is 0 Å². The molecule has 0 aliphatic carbocycles. The first kappa shape index (κ1) is 13.5. The first-order valence-electron chi connectivity index (χ1n) is 5.22. The van der Waals surface area contributed by atoms with E-state index in [1.54, 1.807) is 24.3 Å². The molecule has 0 fully saturated rings. The number of halogens is 1. The molecule has 0 aliphatic rings. The van der Waals surface area contributed by atoms with Crippen molar-refractivity contribution in [2.45, 2.75) is 19.6 Å². The van der Waals surface area contributed by atoms with Crippen molar-refractivity contribution < 1.29 is 8.42 Å². The summed E-state index contributed by atoms with van der Waals surface area (Å²) in [6.45, 7) is 4.66. The molecule has 5 heteroatoms. The minimum Gasteiger partial charge on any atom is -0.212 e. The molecule has 0 saturated carbocycles. The van der Waals surface area contributed by atoms with Crippen LogP contribution in [0.3, 0.4) is 0 Å². The van der Waals surface area contributed by atoms with Gasteiger partial charge in [-0.1, -0.05) is 37.6 Å². The van der Waals surface area contributed by atoms with Crippen molar-refractivity contribution in [2.24, 2.45) is 0 Å². The van der Waals surface area contributed by atoms with Crippen LogP contribution in [0.15, 0.2) is 24.3 Å². The van der Waals surface area contributed by atoms with Gasteiger partial charge in [0.15, 0.2) is 0 Å². The van der Waals surface area contributed by atoms with E-state index in [4.69, 9.17) is 11.6 Å². The van der Waals surface area contributed by atoms with Crippen LogP contribution >= 0.6 is 11.6 Å². The van der Waals surface area contributed by atoms with E-state index in [0.29, 0.717) is 18.1 Å². The van der Waals surface area contributed by atoms with Gasteiger partial charge in [-0.05, 0) is 17.7 Å². The van der Waals surface area contributed by atoms with Gasteiger partial charge < -0.3 is 0 Å². The SMILES string of the molecule is CCN(CC)S(=O)(=O)Cc1cccc(Cl)c1. The lowest BCUT2D eigenvalue weighted by molar-refractivity contribution is 0.444. The molecule has 1 aromatic carbocycles. The minimum atomic E-state index is -3.22. The Morgan fingerprint density at radius 2 is 1.88 bits per heavy atom. The zero-order valence-electron chi connectivity index (χ0n) is 9.48. The van der Waals surface area contributed by atoms with E-state index in [-0.39, 0.29) is 5.75 Å². The monoisotopic (exact) mass is 261 g/mol. The summed E-state index contributed by atoms with van der Waals surface area (Å²) in [5, 5.41) is 0.562. The molecule has 3 nitrogen and oxygen atoms in total. The fourth-order valence-electron chi connectivity index (χ4n) is 1.55. The van der Waals surface area contributed by atoms with E-state index in [0.717, 1.165) is 5.56 Å². The summed E-state index contributed by atoms with van der Waals surface area (Å²) in [7, 11) is -3.22. The van der Waals surface area contributed by atoms with Crippen molar-refractivity contribution in [1.29, 1.82) is 0 Å². The molecule has 0 N–H and O–H groups in total. The van der Waals surface area contributed by atoms with Gasteiger partial charge in [0, 0.05) is 18.1 Å². The normalized spacial score (nSPS) is 12.0. The second-order valence-electron chi connectivity index (χ2n) is 3.47. The van der Waals surface area contributed by atoms with Crippen LogP contribution in [0.2, 0.25) is 5.02 Å². The van der Waals surface area contributed by atoms with Crippen LogP contribution in [0.25, 0.3) is 0 Å². The van der Waals surface area contributed by atoms with Gasteiger partial charge in [-0.2, -0.15) is 0 Å². The lowest BCUT2D eigenvalue weighted by Gasteiger charge is -2.18. The lowest BCUT2D eigenvalue weighted by Crippen LogP contribution is -2.31. The molecule has 0 atom stereocenters. The summed E-state index contributed by atoms with van der Waals surface area (Å²) in [6, 6.07) is 6.94. The summed E-state index contributed by atoms with van der Waals surface area (Å²) in [4.78, 5) is 0. The predicted octanol–water partition coefficient (Wildman–Crippen LogP) is 2.51. The minimum absolute atomic E-state index is 0.00917. The highest BCUT2D eigenvalue weighted by Crippen LogP contribution is 2.15. The van der Waals surface area contributed by atoms with E-state index >= 15 is 0 Å². The molecule has 0 radical (unpaired) electrons. The van der Waals surface area contributed by atoms with Crippen molar-refractivity contribution in [3.63, 3.8) is 0 Å². The molecule has 1 aromatic rings. The Kier molecular flexibility index (Phi) is 4.77. The Hall–Kier alpha value is -0.580. The average Bonchev–Trinajstić information content (AvgIpc) is 2.18. The number of hydrogen-bond donors (Lipinski definition) is 0. The summed E-state index contributed by atoms with van der Waals surface area (Å²) in [6.07, 6.45) is 0. The molecule has 16 heavy (non-hydrogen) atoms. The summed E-state index contributed by atoms with van der Waals surface area (Å²) in [5.41, 5.74) is 0.722. The van der Waals surface area contributed by atoms with Gasteiger partial charge in [-0.15, -0.1) is 0 Å². The van der Waals surface area contributed by atoms with Gasteiger partial charge in [0.05, 0.1) is 5.75 Å². The topological polar surface area (TPSA) is 37.4 Å². The van der Waals surface area contributed by atoms with Crippen molar-refractivity contribution >= 4 is 21.6 Å². The molecular weight excluding hydrogens is 246 g/mol. The van der Waals surface area contributed by atoms with E-state index < -0.39 is 10.0 Å². The van der Waals surface area contributed by atoms with Gasteiger partial charge in [0.2, 0.25) is 10.0 Å². The molecule has 1 rings (SSSR count). The molecule has 0 amide bonds. The predicted molar refractivity (Wildman–Crippen MR) is 67.0 cm³/mol. The molecule has 90 valence electrons. The standard InChI is InChI=1S/C11H16ClNO2S/c1-3-13(4-2)16(14,15)9-10-6-5-7-11(12)8-10/h5-8H,3-4,9H2,1-2H3. The fraction of sp³-hybridized carbons (Fsp3) is 0.455. The number of sulfonamides is 1. The van der Waals surface area contributed by atoms with Crippen LogP contribution in [0.5, 0.6) is 0 Å². The third kappa shape index (κ3) is 3.47. The maximum Gasteiger partial charge on any atom is 0.218 e. The van der Waals surface area contributed by atoms with Gasteiger partial charge in [0.1, 0.15) is 0 Å². The molecule has 0 aromatic heterocycles. The van der Waals surface area contributed by atoms with Crippen molar-refractivity contribution in [2.75, 3.05) is 13.1 Å². The van der Waals surface area contributed by atoms with Crippen molar-refractivity contribution in [3.8, 4) is 0 Å². The zero-order valence-corrected chi connectivity index (χ0v) is 11.1. The first-order valence-corrected chi connectivity index (χ1v) is 7.20. The first-order chi connectivity index (χ1) is 7.49. The van der Waals surface area contributed by atoms with Crippen molar-refractivity contribution in [1.82, 2.24) is 4.31 Å². The number of hydrogen-bond acceptors (Lipinski definition) is 2. The number of nitrogens with zero attached hydrogens (tertiary/aromatic N) is 1. The second-order valence-corrected chi connectivity index (χ2v) is 5.88. The fourth-order valence-corrected chi connectivity index (χ4v) is 3.33. The largest absolute Gasteiger partial charge is 0.218 e. The average molecular weight is 262 g/mol. The van der Waals surface area contributed by atoms with Crippen LogP contribution in [0.4, 0.5) is 0 Å². The molecule has 0 bridgehead atoms. The molecular formula is C11H16ClNO2S. The molecule has 0 heterocycles. The number of rotatable bonds is 5. The Morgan fingerprint density at radius 1 is 1.25 bits per heavy atom. The van der Waals surface area contributed by atoms with Crippen LogP contribution in [-0.2, 0) is 15.8 Å². The maximum atomic E-state index is 12.0. The summed E-state index contributed by atoms with van der Waals surface area (Å²) >= 11 is 5.81. The highest BCUT2D eigenvalue weighted by Gasteiger charge is 2.19. The highest BCUT2D eigenvalue weighted by atomic mass is 35.5. The van der Waals surface area contributed by atoms with E-state index in [1.807, 2.05) is 13.8 Å². The molecule has 0 saturated heterocycles. The third-order valence-electron chi connectivity index (χ3n) is 2.34. The van der Waals surface area contributed by atoms with Gasteiger partial charge in [-0.25, -0.2) is 12.7 Å². The van der Waals surface area contributed by atoms with E-state index in [9.17, 15) is 8.42 Å². The quantitative estimate of drug-likeness (QED) is 0.817. The summed E-state index contributed by atoms with van der Waals surface area (Å²) < 4.78 is 25.4. The highest BCUT2D eigenvalue weighted by molar-refractivity contribution is 7.88. The van der Waals surface area contributed by atoms with Gasteiger partial charge in [0.25, 0.3) is 0 Å².